The molecule has 9 heteroatoms. The van der Waals surface area contributed by atoms with Crippen LogP contribution in [0.1, 0.15) is 31.9 Å². The van der Waals surface area contributed by atoms with Gasteiger partial charge in [-0.05, 0) is 20.8 Å². The van der Waals surface area contributed by atoms with Crippen LogP contribution in [0.3, 0.4) is 0 Å². The minimum atomic E-state index is -0.708. The first kappa shape index (κ1) is 21.6. The number of methoxy groups -OCH3 is 1. The van der Waals surface area contributed by atoms with Gasteiger partial charge in [0.2, 0.25) is 0 Å². The molecule has 0 bridgehead atoms. The first-order valence-electron chi connectivity index (χ1n) is 8.19. The fourth-order valence-electron chi connectivity index (χ4n) is 2.60. The van der Waals surface area contributed by atoms with Gasteiger partial charge < -0.3 is 23.7 Å². The average molecular weight is 415 g/mol. The smallest absolute Gasteiger partial charge is 0.163 e. The largest absolute Gasteiger partial charge is 0.488 e. The molecule has 2 atom stereocenters. The fraction of sp³-hybridized carbons (Fsp3) is 0.556. The van der Waals surface area contributed by atoms with Gasteiger partial charge in [-0.1, -0.05) is 23.2 Å². The highest BCUT2D eigenvalue weighted by atomic mass is 35.5. The summed E-state index contributed by atoms with van der Waals surface area (Å²) in [6.07, 6.45) is -0.746. The lowest BCUT2D eigenvalue weighted by atomic mass is 10.1. The Kier molecular flexibility index (Phi) is 7.16. The van der Waals surface area contributed by atoms with Gasteiger partial charge in [0.25, 0.3) is 0 Å². The molecule has 27 heavy (non-hydrogen) atoms. The van der Waals surface area contributed by atoms with Gasteiger partial charge in [0.15, 0.2) is 17.3 Å². The molecule has 0 amide bonds. The standard InChI is InChI=1S/C18H20Cl2N2O5/c1-10(7-23-4)26-17-13(6-22)12(5-21)16(14(19)15(17)20)24-8-11-9-25-18(2,3)27-11/h10-11H,7-9H2,1-4H3. The normalized spacial score (nSPS) is 19.2. The maximum atomic E-state index is 9.56. The van der Waals surface area contributed by atoms with Gasteiger partial charge in [0, 0.05) is 7.11 Å². The number of ether oxygens (including phenoxy) is 5. The third-order valence-electron chi connectivity index (χ3n) is 3.72. The Labute approximate surface area is 168 Å². The molecule has 7 nitrogen and oxygen atoms in total. The third-order valence-corrected chi connectivity index (χ3v) is 4.54. The molecule has 0 aromatic heterocycles. The topological polar surface area (TPSA) is 93.7 Å². The van der Waals surface area contributed by atoms with Crippen molar-refractivity contribution in [2.24, 2.45) is 0 Å². The van der Waals surface area contributed by atoms with E-state index in [2.05, 4.69) is 0 Å². The zero-order valence-electron chi connectivity index (χ0n) is 15.5. The molecule has 146 valence electrons. The van der Waals surface area contributed by atoms with Crippen molar-refractivity contribution in [3.8, 4) is 23.6 Å². The van der Waals surface area contributed by atoms with E-state index >= 15 is 0 Å². The quantitative estimate of drug-likeness (QED) is 0.671. The average Bonchev–Trinajstić information content (AvgIpc) is 2.97. The number of nitrogens with zero attached hydrogens (tertiary/aromatic N) is 2. The van der Waals surface area contributed by atoms with Crippen LogP contribution in [0.5, 0.6) is 11.5 Å². The van der Waals surface area contributed by atoms with E-state index in [4.69, 9.17) is 46.9 Å². The Morgan fingerprint density at radius 3 is 2.30 bits per heavy atom. The second kappa shape index (κ2) is 8.97. The van der Waals surface area contributed by atoms with E-state index in [-0.39, 0.29) is 52.0 Å². The summed E-state index contributed by atoms with van der Waals surface area (Å²) < 4.78 is 27.5. The molecule has 0 aliphatic carbocycles. The molecule has 1 aliphatic rings. The monoisotopic (exact) mass is 414 g/mol. The van der Waals surface area contributed by atoms with E-state index < -0.39 is 11.9 Å². The summed E-state index contributed by atoms with van der Waals surface area (Å²) in [6.45, 7) is 6.01. The van der Waals surface area contributed by atoms with E-state index in [1.165, 1.54) is 7.11 Å². The first-order valence-corrected chi connectivity index (χ1v) is 8.95. The summed E-state index contributed by atoms with van der Waals surface area (Å²) in [5.74, 6) is -0.666. The Balaban J connectivity index is 2.34. The molecular formula is C18H20Cl2N2O5. The van der Waals surface area contributed by atoms with Crippen LogP contribution in [-0.4, -0.2) is 44.9 Å². The number of rotatable bonds is 7. The van der Waals surface area contributed by atoms with Crippen LogP contribution in [0, 0.1) is 22.7 Å². The first-order chi connectivity index (χ1) is 12.7. The fourth-order valence-corrected chi connectivity index (χ4v) is 3.06. The highest BCUT2D eigenvalue weighted by Gasteiger charge is 2.34. The number of hydrogen-bond acceptors (Lipinski definition) is 7. The Hall–Kier alpha value is -1.74. The zero-order chi connectivity index (χ0) is 20.2. The molecule has 1 saturated heterocycles. The van der Waals surface area contributed by atoms with Crippen LogP contribution in [-0.2, 0) is 14.2 Å². The third kappa shape index (κ3) is 4.95. The maximum Gasteiger partial charge on any atom is 0.163 e. The van der Waals surface area contributed by atoms with Gasteiger partial charge in [-0.15, -0.1) is 0 Å². The molecule has 0 radical (unpaired) electrons. The molecule has 1 fully saturated rings. The summed E-state index contributed by atoms with van der Waals surface area (Å²) in [7, 11) is 1.52. The van der Waals surface area contributed by atoms with Crippen molar-refractivity contribution in [2.75, 3.05) is 26.9 Å². The molecule has 1 heterocycles. The molecule has 1 aromatic rings. The van der Waals surface area contributed by atoms with Gasteiger partial charge in [0.1, 0.15) is 52.1 Å². The maximum absolute atomic E-state index is 9.56. The highest BCUT2D eigenvalue weighted by Crippen LogP contribution is 2.45. The van der Waals surface area contributed by atoms with Crippen LogP contribution in [0.15, 0.2) is 0 Å². The van der Waals surface area contributed by atoms with E-state index in [1.807, 2.05) is 12.1 Å². The predicted molar refractivity (Wildman–Crippen MR) is 98.3 cm³/mol. The molecule has 2 unspecified atom stereocenters. The van der Waals surface area contributed by atoms with Gasteiger partial charge in [-0.25, -0.2) is 0 Å². The van der Waals surface area contributed by atoms with Gasteiger partial charge in [0.05, 0.1) is 13.2 Å². The lowest BCUT2D eigenvalue weighted by molar-refractivity contribution is -0.141. The lowest BCUT2D eigenvalue weighted by Crippen LogP contribution is -2.25. The highest BCUT2D eigenvalue weighted by molar-refractivity contribution is 6.44. The number of benzene rings is 1. The summed E-state index contributed by atoms with van der Waals surface area (Å²) in [6, 6.07) is 3.89. The lowest BCUT2D eigenvalue weighted by Gasteiger charge is -2.21. The summed E-state index contributed by atoms with van der Waals surface area (Å²) in [4.78, 5) is 0. The summed E-state index contributed by atoms with van der Waals surface area (Å²) in [5, 5.41) is 19.1. The number of hydrogen-bond donors (Lipinski definition) is 0. The van der Waals surface area contributed by atoms with Gasteiger partial charge in [-0.3, -0.25) is 0 Å². The van der Waals surface area contributed by atoms with E-state index in [0.29, 0.717) is 6.61 Å². The Morgan fingerprint density at radius 2 is 1.78 bits per heavy atom. The summed E-state index contributed by atoms with van der Waals surface area (Å²) >= 11 is 12.6. The van der Waals surface area contributed by atoms with Crippen molar-refractivity contribution in [3.63, 3.8) is 0 Å². The van der Waals surface area contributed by atoms with E-state index in [0.717, 1.165) is 0 Å². The van der Waals surface area contributed by atoms with Crippen molar-refractivity contribution in [2.45, 2.75) is 38.8 Å². The van der Waals surface area contributed by atoms with Crippen LogP contribution in [0.4, 0.5) is 0 Å². The minimum absolute atomic E-state index is 0.00547. The SMILES string of the molecule is COCC(C)Oc1c(Cl)c(Cl)c(OCC2COC(C)(C)O2)c(C#N)c1C#N. The van der Waals surface area contributed by atoms with Crippen LogP contribution in [0.2, 0.25) is 10.0 Å². The Morgan fingerprint density at radius 1 is 1.19 bits per heavy atom. The van der Waals surface area contributed by atoms with Crippen LogP contribution in [0.25, 0.3) is 0 Å². The molecule has 1 aromatic carbocycles. The van der Waals surface area contributed by atoms with Crippen molar-refractivity contribution in [1.82, 2.24) is 0 Å². The molecule has 0 spiro atoms. The molecular weight excluding hydrogens is 395 g/mol. The van der Waals surface area contributed by atoms with Crippen molar-refractivity contribution < 1.29 is 23.7 Å². The summed E-state index contributed by atoms with van der Waals surface area (Å²) in [5.41, 5.74) is -0.0986. The van der Waals surface area contributed by atoms with Crippen molar-refractivity contribution in [1.29, 1.82) is 10.5 Å². The van der Waals surface area contributed by atoms with Crippen molar-refractivity contribution >= 4 is 23.2 Å². The zero-order valence-corrected chi connectivity index (χ0v) is 17.0. The predicted octanol–water partition coefficient (Wildman–Crippen LogP) is 3.68. The van der Waals surface area contributed by atoms with Gasteiger partial charge in [-0.2, -0.15) is 10.5 Å². The van der Waals surface area contributed by atoms with E-state index in [1.54, 1.807) is 20.8 Å². The molecule has 2 rings (SSSR count). The molecule has 0 saturated carbocycles. The second-order valence-electron chi connectivity index (χ2n) is 6.41. The molecule has 0 N–H and O–H groups in total. The molecule has 1 aliphatic heterocycles. The second-order valence-corrected chi connectivity index (χ2v) is 7.16. The van der Waals surface area contributed by atoms with E-state index in [9.17, 15) is 10.5 Å². The number of nitriles is 2. The van der Waals surface area contributed by atoms with Gasteiger partial charge >= 0.3 is 0 Å². The Bertz CT molecular complexity index is 786. The minimum Gasteiger partial charge on any atom is -0.488 e. The number of halogens is 2. The van der Waals surface area contributed by atoms with Crippen LogP contribution < -0.4 is 9.47 Å². The van der Waals surface area contributed by atoms with Crippen molar-refractivity contribution in [3.05, 3.63) is 21.2 Å². The van der Waals surface area contributed by atoms with Crippen LogP contribution >= 0.6 is 23.2 Å².